The highest BCUT2D eigenvalue weighted by Gasteiger charge is 2.82. The quantitative estimate of drug-likeness (QED) is 0.477. The van der Waals surface area contributed by atoms with E-state index in [0.29, 0.717) is 29.8 Å². The third-order valence-corrected chi connectivity index (χ3v) is 10.2. The third kappa shape index (κ3) is 2.32. The van der Waals surface area contributed by atoms with Crippen molar-refractivity contribution in [2.45, 2.75) is 82.3 Å². The number of quaternary nitrogens is 1. The maximum absolute atomic E-state index is 12.0. The summed E-state index contributed by atoms with van der Waals surface area (Å²) in [5.41, 5.74) is 3.88. The highest BCUT2D eigenvalue weighted by atomic mass is 79.9. The standard InChI is InChI=1S/C26H37N2O2.BrH/c1-5-16-17-13-20-23-26(18-10-6-7-11-19(18)27(23)4)14-21(22(17)24(26)29)28(20,25(16)30)12-8-9-15(2)3;/h6-7,9-11,16-17,20-25,29-30H,5,8,12-14H2,1-4H3;1H/q+1;/p-1/t16-,17+,20?,21-,22+,23-,24+,25+,26+,28?;/m0./s1. The molecule has 6 aliphatic rings. The Balaban J connectivity index is 0.00000204. The minimum absolute atomic E-state index is 0. The van der Waals surface area contributed by atoms with Gasteiger partial charge in [0, 0.05) is 43.8 Å². The van der Waals surface area contributed by atoms with Gasteiger partial charge in [0.2, 0.25) is 0 Å². The molecule has 10 atom stereocenters. The number of piperidine rings is 4. The predicted molar refractivity (Wildman–Crippen MR) is 119 cm³/mol. The molecule has 31 heavy (non-hydrogen) atoms. The number of para-hydroxylation sites is 1. The van der Waals surface area contributed by atoms with E-state index >= 15 is 0 Å². The zero-order chi connectivity index (χ0) is 21.0. The number of hydrogen-bond donors (Lipinski definition) is 2. The van der Waals surface area contributed by atoms with E-state index in [1.807, 2.05) is 0 Å². The highest BCUT2D eigenvalue weighted by Crippen LogP contribution is 2.71. The summed E-state index contributed by atoms with van der Waals surface area (Å²) in [7, 11) is 2.24. The lowest BCUT2D eigenvalue weighted by Crippen LogP contribution is -3.00. The van der Waals surface area contributed by atoms with E-state index in [1.165, 1.54) is 16.8 Å². The van der Waals surface area contributed by atoms with Gasteiger partial charge in [-0.1, -0.05) is 36.8 Å². The van der Waals surface area contributed by atoms with Gasteiger partial charge >= 0.3 is 0 Å². The number of nitrogens with zero attached hydrogens (tertiary/aromatic N) is 2. The summed E-state index contributed by atoms with van der Waals surface area (Å²) in [4.78, 5) is 2.48. The molecule has 0 aromatic heterocycles. The molecule has 2 N–H and O–H groups in total. The first-order valence-electron chi connectivity index (χ1n) is 12.1. The lowest BCUT2D eigenvalue weighted by atomic mass is 9.60. The molecule has 5 fully saturated rings. The van der Waals surface area contributed by atoms with Crippen molar-refractivity contribution >= 4 is 5.69 Å². The van der Waals surface area contributed by atoms with Gasteiger partial charge in [-0.15, -0.1) is 0 Å². The summed E-state index contributed by atoms with van der Waals surface area (Å²) in [6.45, 7) is 7.59. The fraction of sp³-hybridized carbons (Fsp3) is 0.692. The van der Waals surface area contributed by atoms with E-state index in [9.17, 15) is 10.2 Å². The summed E-state index contributed by atoms with van der Waals surface area (Å²) in [6, 6.07) is 9.89. The van der Waals surface area contributed by atoms with Crippen molar-refractivity contribution in [1.82, 2.24) is 0 Å². The van der Waals surface area contributed by atoms with Gasteiger partial charge in [0.1, 0.15) is 6.04 Å². The largest absolute Gasteiger partial charge is 1.00 e. The second kappa shape index (κ2) is 7.06. The number of hydrogen-bond acceptors (Lipinski definition) is 3. The summed E-state index contributed by atoms with van der Waals surface area (Å²) in [5, 5.41) is 23.9. The molecule has 1 aliphatic carbocycles. The molecule has 5 heterocycles. The second-order valence-corrected chi connectivity index (χ2v) is 11.1. The van der Waals surface area contributed by atoms with Crippen LogP contribution in [0, 0.1) is 17.8 Å². The molecule has 5 heteroatoms. The summed E-state index contributed by atoms with van der Waals surface area (Å²) in [5.74, 6) is 1.10. The Morgan fingerprint density at radius 3 is 2.68 bits per heavy atom. The smallest absolute Gasteiger partial charge is 0.194 e. The molecule has 170 valence electrons. The van der Waals surface area contributed by atoms with E-state index in [-0.39, 0.29) is 40.8 Å². The molecule has 5 aliphatic heterocycles. The van der Waals surface area contributed by atoms with Crippen molar-refractivity contribution in [2.75, 3.05) is 18.5 Å². The minimum Gasteiger partial charge on any atom is -1.00 e. The number of rotatable bonds is 4. The first kappa shape index (κ1) is 21.9. The lowest BCUT2D eigenvalue weighted by molar-refractivity contribution is -1.04. The SMILES string of the molecule is CC[C@H]1[C@H]2CC3[C@@H]4N(C)c5ccccc5[C@]45C[C@@H]([C@@H]2[C@H]5O)[N+]3(CCC=C(C)C)[C@@H]1O.[Br-]. The number of likely N-dealkylation sites (N-methyl/N-ethyl adjacent to an activating group) is 1. The van der Waals surface area contributed by atoms with Crippen LogP contribution in [0.1, 0.15) is 52.0 Å². The number of anilines is 1. The Hall–Kier alpha value is -0.880. The predicted octanol–water partition coefficient (Wildman–Crippen LogP) is 0.430. The Labute approximate surface area is 197 Å². The van der Waals surface area contributed by atoms with Gasteiger partial charge in [-0.3, -0.25) is 4.48 Å². The molecule has 7 rings (SSSR count). The third-order valence-electron chi connectivity index (χ3n) is 10.2. The van der Waals surface area contributed by atoms with Crippen LogP contribution >= 0.6 is 0 Å². The van der Waals surface area contributed by atoms with Crippen LogP contribution in [0.3, 0.4) is 0 Å². The molecule has 1 aromatic carbocycles. The van der Waals surface area contributed by atoms with Crippen molar-refractivity contribution in [1.29, 1.82) is 0 Å². The van der Waals surface area contributed by atoms with Crippen LogP contribution in [-0.4, -0.2) is 58.7 Å². The van der Waals surface area contributed by atoms with Crippen LogP contribution in [0.4, 0.5) is 5.69 Å². The molecular formula is C26H37BrN2O2. The monoisotopic (exact) mass is 488 g/mol. The van der Waals surface area contributed by atoms with E-state index in [0.717, 1.165) is 36.7 Å². The normalized spacial score (nSPS) is 47.7. The molecule has 1 aromatic rings. The fourth-order valence-electron chi connectivity index (χ4n) is 9.42. The molecule has 5 bridgehead atoms. The van der Waals surface area contributed by atoms with Crippen molar-refractivity contribution in [3.63, 3.8) is 0 Å². The number of allylic oxidation sites excluding steroid dienone is 1. The van der Waals surface area contributed by atoms with Crippen LogP contribution in [0.15, 0.2) is 35.9 Å². The van der Waals surface area contributed by atoms with Gasteiger partial charge in [0.15, 0.2) is 6.23 Å². The van der Waals surface area contributed by atoms with Gasteiger partial charge < -0.3 is 32.1 Å². The summed E-state index contributed by atoms with van der Waals surface area (Å²) < 4.78 is 0.839. The first-order valence-corrected chi connectivity index (χ1v) is 12.1. The molecule has 0 radical (unpaired) electrons. The maximum atomic E-state index is 12.0. The van der Waals surface area contributed by atoms with Crippen molar-refractivity contribution in [2.24, 2.45) is 17.8 Å². The molecule has 0 amide bonds. The zero-order valence-electron chi connectivity index (χ0n) is 19.2. The average molecular weight is 489 g/mol. The van der Waals surface area contributed by atoms with E-state index < -0.39 is 0 Å². The summed E-state index contributed by atoms with van der Waals surface area (Å²) in [6.07, 6.45) is 5.99. The van der Waals surface area contributed by atoms with Crippen molar-refractivity contribution in [3.05, 3.63) is 41.5 Å². The van der Waals surface area contributed by atoms with Gasteiger partial charge in [0.05, 0.1) is 30.1 Å². The van der Waals surface area contributed by atoms with Crippen LogP contribution in [0.5, 0.6) is 0 Å². The van der Waals surface area contributed by atoms with Crippen LogP contribution in [0.2, 0.25) is 0 Å². The van der Waals surface area contributed by atoms with Gasteiger partial charge in [-0.2, -0.15) is 0 Å². The average Bonchev–Trinajstić information content (AvgIpc) is 3.11. The number of aliphatic hydroxyl groups is 2. The van der Waals surface area contributed by atoms with Crippen molar-refractivity contribution < 1.29 is 31.7 Å². The number of aliphatic hydroxyl groups excluding tert-OH is 2. The lowest BCUT2D eigenvalue weighted by Gasteiger charge is -2.68. The minimum atomic E-state index is -0.293. The van der Waals surface area contributed by atoms with Gasteiger partial charge in [0.25, 0.3) is 0 Å². The Morgan fingerprint density at radius 2 is 1.97 bits per heavy atom. The van der Waals surface area contributed by atoms with Crippen molar-refractivity contribution in [3.8, 4) is 0 Å². The number of benzene rings is 1. The van der Waals surface area contributed by atoms with Gasteiger partial charge in [-0.25, -0.2) is 0 Å². The van der Waals surface area contributed by atoms with Crippen LogP contribution in [-0.2, 0) is 5.41 Å². The highest BCUT2D eigenvalue weighted by molar-refractivity contribution is 5.66. The Bertz CT molecular complexity index is 916. The molecule has 2 unspecified atom stereocenters. The van der Waals surface area contributed by atoms with Crippen LogP contribution in [0.25, 0.3) is 0 Å². The molecule has 4 saturated heterocycles. The number of fused-ring (bicyclic) bond motifs is 2. The van der Waals surface area contributed by atoms with E-state index in [2.05, 4.69) is 63.1 Å². The Morgan fingerprint density at radius 1 is 1.23 bits per heavy atom. The van der Waals surface area contributed by atoms with E-state index in [4.69, 9.17) is 0 Å². The fourth-order valence-corrected chi connectivity index (χ4v) is 9.42. The molecule has 1 saturated carbocycles. The molecule has 1 spiro atoms. The topological polar surface area (TPSA) is 43.7 Å². The second-order valence-electron chi connectivity index (χ2n) is 11.1. The first-order chi connectivity index (χ1) is 14.4. The van der Waals surface area contributed by atoms with Crippen LogP contribution < -0.4 is 21.9 Å². The van der Waals surface area contributed by atoms with Gasteiger partial charge in [-0.05, 0) is 37.8 Å². The zero-order valence-corrected chi connectivity index (χ0v) is 20.8. The molecule has 4 nitrogen and oxygen atoms in total. The molecular weight excluding hydrogens is 452 g/mol. The van der Waals surface area contributed by atoms with E-state index in [1.54, 1.807) is 0 Å². The Kier molecular flexibility index (Phi) is 4.99. The number of halogens is 1. The maximum Gasteiger partial charge on any atom is 0.194 e. The summed E-state index contributed by atoms with van der Waals surface area (Å²) >= 11 is 0.